The largest absolute Gasteiger partial charge is 0.417 e. The molecule has 108 valence electrons. The summed E-state index contributed by atoms with van der Waals surface area (Å²) in [5.41, 5.74) is 11.3. The summed E-state index contributed by atoms with van der Waals surface area (Å²) in [6.07, 6.45) is -0.933. The Bertz CT molecular complexity index is 586. The summed E-state index contributed by atoms with van der Waals surface area (Å²) in [4.78, 5) is 0. The quantitative estimate of drug-likeness (QED) is 0.818. The van der Waals surface area contributed by atoms with Crippen LogP contribution >= 0.6 is 0 Å². The fraction of sp³-hybridized carbons (Fsp3) is 0.250. The Labute approximate surface area is 112 Å². The SMILES string of the molecule is NC(N)c1cc(OC(F)F)n(Cc2ccccc2F)n1. The van der Waals surface area contributed by atoms with Crippen molar-refractivity contribution in [2.75, 3.05) is 0 Å². The standard InChI is InChI=1S/C12H13F3N4O/c13-8-4-2-1-3-7(8)6-19-10(20-12(14)15)5-9(18-19)11(16)17/h1-5,11-12H,6,16-17H2. The summed E-state index contributed by atoms with van der Waals surface area (Å²) < 4.78 is 43.6. The van der Waals surface area contributed by atoms with Crippen LogP contribution in [0.4, 0.5) is 13.2 Å². The second-order valence-corrected chi connectivity index (χ2v) is 4.06. The van der Waals surface area contributed by atoms with Crippen molar-refractivity contribution in [3.05, 3.63) is 47.4 Å². The molecular weight excluding hydrogens is 273 g/mol. The first-order chi connectivity index (χ1) is 9.47. The molecular formula is C12H13F3N4O. The summed E-state index contributed by atoms with van der Waals surface area (Å²) in [6.45, 7) is -3.09. The second-order valence-electron chi connectivity index (χ2n) is 4.06. The zero-order chi connectivity index (χ0) is 14.7. The first-order valence-electron chi connectivity index (χ1n) is 5.74. The van der Waals surface area contributed by atoms with Gasteiger partial charge in [0, 0.05) is 11.6 Å². The molecule has 1 aromatic carbocycles. The summed E-state index contributed by atoms with van der Waals surface area (Å²) >= 11 is 0. The number of alkyl halides is 2. The van der Waals surface area contributed by atoms with Crippen LogP contribution in [-0.2, 0) is 6.54 Å². The normalized spacial score (nSPS) is 11.3. The molecule has 1 heterocycles. The maximum Gasteiger partial charge on any atom is 0.388 e. The predicted octanol–water partition coefficient (Wildman–Crippen LogP) is 1.59. The number of benzene rings is 1. The molecule has 0 spiro atoms. The maximum atomic E-state index is 13.6. The fourth-order valence-electron chi connectivity index (χ4n) is 1.67. The van der Waals surface area contributed by atoms with Gasteiger partial charge in [-0.3, -0.25) is 0 Å². The van der Waals surface area contributed by atoms with E-state index in [2.05, 4.69) is 9.84 Å². The Kier molecular flexibility index (Phi) is 4.26. The minimum Gasteiger partial charge on any atom is -0.417 e. The lowest BCUT2D eigenvalue weighted by Gasteiger charge is -2.08. The van der Waals surface area contributed by atoms with E-state index in [4.69, 9.17) is 11.5 Å². The Hall–Kier alpha value is -2.06. The third-order valence-electron chi connectivity index (χ3n) is 2.59. The molecule has 0 amide bonds. The van der Waals surface area contributed by atoms with Gasteiger partial charge in [0.25, 0.3) is 0 Å². The van der Waals surface area contributed by atoms with Gasteiger partial charge in [0.05, 0.1) is 18.4 Å². The van der Waals surface area contributed by atoms with Crippen LogP contribution in [0.3, 0.4) is 0 Å². The van der Waals surface area contributed by atoms with E-state index in [0.717, 1.165) is 4.68 Å². The number of ether oxygens (including phenoxy) is 1. The lowest BCUT2D eigenvalue weighted by molar-refractivity contribution is -0.0556. The second kappa shape index (κ2) is 5.93. The van der Waals surface area contributed by atoms with Gasteiger partial charge in [-0.15, -0.1) is 0 Å². The van der Waals surface area contributed by atoms with Crippen LogP contribution in [0.2, 0.25) is 0 Å². The van der Waals surface area contributed by atoms with Crippen LogP contribution in [-0.4, -0.2) is 16.4 Å². The van der Waals surface area contributed by atoms with Crippen molar-refractivity contribution in [1.29, 1.82) is 0 Å². The van der Waals surface area contributed by atoms with Gasteiger partial charge in [0.2, 0.25) is 5.88 Å². The molecule has 0 atom stereocenters. The van der Waals surface area contributed by atoms with Crippen LogP contribution in [0.1, 0.15) is 17.4 Å². The van der Waals surface area contributed by atoms with Crippen molar-refractivity contribution in [2.45, 2.75) is 19.3 Å². The molecule has 0 aliphatic carbocycles. The predicted molar refractivity (Wildman–Crippen MR) is 65.5 cm³/mol. The summed E-state index contributed by atoms with van der Waals surface area (Å²) in [7, 11) is 0. The smallest absolute Gasteiger partial charge is 0.388 e. The molecule has 1 aromatic heterocycles. The van der Waals surface area contributed by atoms with Crippen LogP contribution in [0, 0.1) is 5.82 Å². The third kappa shape index (κ3) is 3.28. The number of hydrogen-bond donors (Lipinski definition) is 2. The Morgan fingerprint density at radius 3 is 2.55 bits per heavy atom. The van der Waals surface area contributed by atoms with E-state index in [1.54, 1.807) is 6.07 Å². The lowest BCUT2D eigenvalue weighted by Crippen LogP contribution is -2.21. The monoisotopic (exact) mass is 286 g/mol. The van der Waals surface area contributed by atoms with Crippen molar-refractivity contribution in [3.63, 3.8) is 0 Å². The van der Waals surface area contributed by atoms with Crippen LogP contribution < -0.4 is 16.2 Å². The van der Waals surface area contributed by atoms with Crippen LogP contribution in [0.5, 0.6) is 5.88 Å². The van der Waals surface area contributed by atoms with Gasteiger partial charge >= 0.3 is 6.61 Å². The number of hydrogen-bond acceptors (Lipinski definition) is 4. The Morgan fingerprint density at radius 2 is 1.95 bits per heavy atom. The Morgan fingerprint density at radius 1 is 1.25 bits per heavy atom. The van der Waals surface area contributed by atoms with E-state index in [0.29, 0.717) is 0 Å². The molecule has 0 aliphatic rings. The number of aromatic nitrogens is 2. The molecule has 0 saturated heterocycles. The van der Waals surface area contributed by atoms with E-state index in [1.165, 1.54) is 24.3 Å². The van der Waals surface area contributed by atoms with E-state index >= 15 is 0 Å². The zero-order valence-corrected chi connectivity index (χ0v) is 10.3. The van der Waals surface area contributed by atoms with E-state index < -0.39 is 18.6 Å². The average Bonchev–Trinajstić information content (AvgIpc) is 2.75. The number of halogens is 3. The van der Waals surface area contributed by atoms with E-state index in [1.807, 2.05) is 0 Å². The third-order valence-corrected chi connectivity index (χ3v) is 2.59. The molecule has 0 saturated carbocycles. The lowest BCUT2D eigenvalue weighted by atomic mass is 10.2. The molecule has 4 N–H and O–H groups in total. The highest BCUT2D eigenvalue weighted by molar-refractivity contribution is 5.22. The van der Waals surface area contributed by atoms with Crippen LogP contribution in [0.25, 0.3) is 0 Å². The molecule has 0 unspecified atom stereocenters. The highest BCUT2D eigenvalue weighted by atomic mass is 19.3. The van der Waals surface area contributed by atoms with Gasteiger partial charge in [-0.2, -0.15) is 13.9 Å². The minimum absolute atomic E-state index is 0.0680. The molecule has 20 heavy (non-hydrogen) atoms. The van der Waals surface area contributed by atoms with Gasteiger partial charge in [0.1, 0.15) is 5.82 Å². The molecule has 0 radical (unpaired) electrons. The highest BCUT2D eigenvalue weighted by Gasteiger charge is 2.16. The Balaban J connectivity index is 2.32. The topological polar surface area (TPSA) is 79.1 Å². The molecule has 2 aromatic rings. The molecule has 0 fully saturated rings. The molecule has 0 aliphatic heterocycles. The van der Waals surface area contributed by atoms with Crippen LogP contribution in [0.15, 0.2) is 30.3 Å². The van der Waals surface area contributed by atoms with Gasteiger partial charge in [-0.25, -0.2) is 9.07 Å². The number of nitrogens with two attached hydrogens (primary N) is 2. The van der Waals surface area contributed by atoms with Crippen molar-refractivity contribution in [3.8, 4) is 5.88 Å². The van der Waals surface area contributed by atoms with Gasteiger partial charge in [-0.1, -0.05) is 18.2 Å². The number of nitrogens with zero attached hydrogens (tertiary/aromatic N) is 2. The van der Waals surface area contributed by atoms with E-state index in [-0.39, 0.29) is 23.7 Å². The maximum absolute atomic E-state index is 13.6. The number of rotatable bonds is 5. The highest BCUT2D eigenvalue weighted by Crippen LogP contribution is 2.20. The zero-order valence-electron chi connectivity index (χ0n) is 10.3. The van der Waals surface area contributed by atoms with Gasteiger partial charge < -0.3 is 16.2 Å². The van der Waals surface area contributed by atoms with E-state index in [9.17, 15) is 13.2 Å². The average molecular weight is 286 g/mol. The summed E-state index contributed by atoms with van der Waals surface area (Å²) in [6, 6.07) is 7.15. The van der Waals surface area contributed by atoms with Crippen molar-refractivity contribution < 1.29 is 17.9 Å². The van der Waals surface area contributed by atoms with Crippen molar-refractivity contribution in [1.82, 2.24) is 9.78 Å². The molecule has 2 rings (SSSR count). The summed E-state index contributed by atoms with van der Waals surface area (Å²) in [5, 5.41) is 3.94. The van der Waals surface area contributed by atoms with Gasteiger partial charge in [-0.05, 0) is 6.07 Å². The first-order valence-corrected chi connectivity index (χ1v) is 5.74. The van der Waals surface area contributed by atoms with Gasteiger partial charge in [0.15, 0.2) is 0 Å². The molecule has 8 heteroatoms. The van der Waals surface area contributed by atoms with Crippen molar-refractivity contribution in [2.24, 2.45) is 11.5 Å². The molecule has 0 bridgehead atoms. The summed E-state index contributed by atoms with van der Waals surface area (Å²) in [5.74, 6) is -0.691. The minimum atomic E-state index is -3.02. The fourth-order valence-corrected chi connectivity index (χ4v) is 1.67. The van der Waals surface area contributed by atoms with Crippen molar-refractivity contribution >= 4 is 0 Å². The first kappa shape index (κ1) is 14.4. The molecule has 5 nitrogen and oxygen atoms in total.